The molecule has 0 aromatic heterocycles. The van der Waals surface area contributed by atoms with Gasteiger partial charge in [0.2, 0.25) is 5.91 Å². The maximum atomic E-state index is 12.7. The monoisotopic (exact) mass is 389 g/mol. The summed E-state index contributed by atoms with van der Waals surface area (Å²) in [5.41, 5.74) is 1.76. The van der Waals surface area contributed by atoms with Gasteiger partial charge in [0.15, 0.2) is 0 Å². The summed E-state index contributed by atoms with van der Waals surface area (Å²) in [7, 11) is 5.22. The molecule has 1 aromatic rings. The Labute approximate surface area is 169 Å². The average Bonchev–Trinajstić information content (AvgIpc) is 2.67. The van der Waals surface area contributed by atoms with Crippen LogP contribution in [0.15, 0.2) is 24.3 Å². The van der Waals surface area contributed by atoms with Crippen LogP contribution in [0, 0.1) is 0 Å². The van der Waals surface area contributed by atoms with Crippen LogP contribution in [-0.2, 0) is 16.0 Å². The molecule has 6 heteroatoms. The predicted octanol–water partition coefficient (Wildman–Crippen LogP) is 2.28. The number of nitrogens with zero attached hydrogens (tertiary/aromatic N) is 3. The molecule has 2 amide bonds. The SMILES string of the molecule is COCCCN1C(C)CN(C(=O)CCc2ccc(C(=O)N(C)C)cc2)CC1C. The molecule has 0 aliphatic carbocycles. The first kappa shape index (κ1) is 22.4. The van der Waals surface area contributed by atoms with Gasteiger partial charge in [-0.05, 0) is 44.4 Å². The lowest BCUT2D eigenvalue weighted by molar-refractivity contribution is -0.135. The van der Waals surface area contributed by atoms with E-state index in [1.54, 1.807) is 26.1 Å². The number of rotatable bonds is 8. The zero-order valence-electron chi connectivity index (χ0n) is 18.0. The number of hydrogen-bond acceptors (Lipinski definition) is 4. The Bertz CT molecular complexity index is 633. The van der Waals surface area contributed by atoms with Crippen LogP contribution in [0.1, 0.15) is 42.6 Å². The molecule has 2 atom stereocenters. The second kappa shape index (κ2) is 10.6. The van der Waals surface area contributed by atoms with Crippen LogP contribution in [0.5, 0.6) is 0 Å². The number of carbonyl (C=O) groups excluding carboxylic acids is 2. The minimum atomic E-state index is -0.00558. The van der Waals surface area contributed by atoms with Crippen molar-refractivity contribution in [2.24, 2.45) is 0 Å². The van der Waals surface area contributed by atoms with Gasteiger partial charge in [-0.2, -0.15) is 0 Å². The van der Waals surface area contributed by atoms with E-state index in [-0.39, 0.29) is 11.8 Å². The third kappa shape index (κ3) is 6.04. The number of methoxy groups -OCH3 is 1. The lowest BCUT2D eigenvalue weighted by atomic mass is 10.0. The Balaban J connectivity index is 1.84. The Morgan fingerprint density at radius 3 is 2.25 bits per heavy atom. The summed E-state index contributed by atoms with van der Waals surface area (Å²) in [5, 5.41) is 0. The molecule has 2 unspecified atom stereocenters. The molecule has 1 heterocycles. The van der Waals surface area contributed by atoms with E-state index in [1.807, 2.05) is 29.2 Å². The number of amides is 2. The topological polar surface area (TPSA) is 53.1 Å². The quantitative estimate of drug-likeness (QED) is 0.640. The molecular formula is C22H35N3O3. The van der Waals surface area contributed by atoms with Gasteiger partial charge in [-0.1, -0.05) is 12.1 Å². The molecule has 1 aromatic carbocycles. The van der Waals surface area contributed by atoms with E-state index in [0.717, 1.165) is 38.2 Å². The summed E-state index contributed by atoms with van der Waals surface area (Å²) in [6, 6.07) is 8.30. The van der Waals surface area contributed by atoms with Crippen LogP contribution >= 0.6 is 0 Å². The summed E-state index contributed by atoms with van der Waals surface area (Å²) in [4.78, 5) is 30.7. The van der Waals surface area contributed by atoms with Crippen LogP contribution in [-0.4, -0.2) is 86.0 Å². The van der Waals surface area contributed by atoms with E-state index < -0.39 is 0 Å². The molecule has 2 rings (SSSR count). The molecule has 0 N–H and O–H groups in total. The number of ether oxygens (including phenoxy) is 1. The molecule has 6 nitrogen and oxygen atoms in total. The van der Waals surface area contributed by atoms with Gasteiger partial charge < -0.3 is 14.5 Å². The van der Waals surface area contributed by atoms with Crippen molar-refractivity contribution in [3.63, 3.8) is 0 Å². The molecule has 1 saturated heterocycles. The fourth-order valence-electron chi connectivity index (χ4n) is 3.87. The van der Waals surface area contributed by atoms with Gasteiger partial charge in [-0.3, -0.25) is 14.5 Å². The van der Waals surface area contributed by atoms with Gasteiger partial charge in [0.1, 0.15) is 0 Å². The van der Waals surface area contributed by atoms with E-state index in [1.165, 1.54) is 0 Å². The van der Waals surface area contributed by atoms with E-state index in [2.05, 4.69) is 18.7 Å². The highest BCUT2D eigenvalue weighted by Crippen LogP contribution is 2.18. The van der Waals surface area contributed by atoms with Gasteiger partial charge in [-0.25, -0.2) is 0 Å². The second-order valence-corrected chi connectivity index (χ2v) is 7.98. The predicted molar refractivity (Wildman–Crippen MR) is 111 cm³/mol. The van der Waals surface area contributed by atoms with E-state index in [9.17, 15) is 9.59 Å². The highest BCUT2D eigenvalue weighted by molar-refractivity contribution is 5.93. The zero-order chi connectivity index (χ0) is 20.7. The summed E-state index contributed by atoms with van der Waals surface area (Å²) < 4.78 is 5.16. The lowest BCUT2D eigenvalue weighted by Crippen LogP contribution is -2.58. The fraction of sp³-hybridized carbons (Fsp3) is 0.636. The number of carbonyl (C=O) groups is 2. The number of benzene rings is 1. The van der Waals surface area contributed by atoms with E-state index in [0.29, 0.717) is 30.5 Å². The molecule has 0 radical (unpaired) electrons. The van der Waals surface area contributed by atoms with Gasteiger partial charge in [0.05, 0.1) is 0 Å². The van der Waals surface area contributed by atoms with Gasteiger partial charge in [0.25, 0.3) is 5.91 Å². The van der Waals surface area contributed by atoms with Gasteiger partial charge in [0, 0.05) is 71.5 Å². The first-order valence-corrected chi connectivity index (χ1v) is 10.2. The second-order valence-electron chi connectivity index (χ2n) is 7.98. The third-order valence-corrected chi connectivity index (χ3v) is 5.45. The summed E-state index contributed by atoms with van der Waals surface area (Å²) in [6.07, 6.45) is 2.22. The van der Waals surface area contributed by atoms with Crippen LogP contribution in [0.2, 0.25) is 0 Å². The highest BCUT2D eigenvalue weighted by Gasteiger charge is 2.31. The minimum Gasteiger partial charge on any atom is -0.385 e. The minimum absolute atomic E-state index is 0.00558. The average molecular weight is 390 g/mol. The summed E-state index contributed by atoms with van der Waals surface area (Å²) in [5.74, 6) is 0.206. The molecule has 28 heavy (non-hydrogen) atoms. The van der Waals surface area contributed by atoms with Crippen molar-refractivity contribution in [2.45, 2.75) is 45.2 Å². The smallest absolute Gasteiger partial charge is 0.253 e. The standard InChI is InChI=1S/C22H35N3O3/c1-17-15-24(16-18(2)25(17)13-6-14-28-5)21(26)12-9-19-7-10-20(11-8-19)22(27)23(3)4/h7-8,10-11,17-18H,6,9,12-16H2,1-5H3. The van der Waals surface area contributed by atoms with Crippen LogP contribution in [0.25, 0.3) is 0 Å². The summed E-state index contributed by atoms with van der Waals surface area (Å²) in [6.45, 7) is 7.75. The Hall–Kier alpha value is -1.92. The fourth-order valence-corrected chi connectivity index (χ4v) is 3.87. The third-order valence-electron chi connectivity index (χ3n) is 5.45. The van der Waals surface area contributed by atoms with Crippen molar-refractivity contribution in [1.82, 2.24) is 14.7 Å². The van der Waals surface area contributed by atoms with Crippen molar-refractivity contribution in [3.05, 3.63) is 35.4 Å². The highest BCUT2D eigenvalue weighted by atomic mass is 16.5. The number of aryl methyl sites for hydroxylation is 1. The largest absolute Gasteiger partial charge is 0.385 e. The van der Waals surface area contributed by atoms with Gasteiger partial charge in [-0.15, -0.1) is 0 Å². The van der Waals surface area contributed by atoms with Crippen LogP contribution < -0.4 is 0 Å². The Kier molecular flexibility index (Phi) is 8.45. The van der Waals surface area contributed by atoms with Crippen LogP contribution in [0.4, 0.5) is 0 Å². The number of hydrogen-bond donors (Lipinski definition) is 0. The van der Waals surface area contributed by atoms with Crippen molar-refractivity contribution < 1.29 is 14.3 Å². The Morgan fingerprint density at radius 1 is 1.11 bits per heavy atom. The van der Waals surface area contributed by atoms with Crippen molar-refractivity contribution in [1.29, 1.82) is 0 Å². The van der Waals surface area contributed by atoms with E-state index in [4.69, 9.17) is 4.74 Å². The molecule has 156 valence electrons. The molecule has 1 fully saturated rings. The normalized spacial score (nSPS) is 20.2. The number of piperazine rings is 1. The molecular weight excluding hydrogens is 354 g/mol. The first-order chi connectivity index (χ1) is 13.3. The lowest BCUT2D eigenvalue weighted by Gasteiger charge is -2.44. The Morgan fingerprint density at radius 2 is 1.71 bits per heavy atom. The van der Waals surface area contributed by atoms with E-state index >= 15 is 0 Å². The first-order valence-electron chi connectivity index (χ1n) is 10.2. The molecule has 0 bridgehead atoms. The van der Waals surface area contributed by atoms with Crippen molar-refractivity contribution in [2.75, 3.05) is 47.4 Å². The zero-order valence-corrected chi connectivity index (χ0v) is 18.0. The molecule has 1 aliphatic rings. The maximum absolute atomic E-state index is 12.7. The summed E-state index contributed by atoms with van der Waals surface area (Å²) >= 11 is 0. The molecule has 0 saturated carbocycles. The van der Waals surface area contributed by atoms with Crippen molar-refractivity contribution in [3.8, 4) is 0 Å². The maximum Gasteiger partial charge on any atom is 0.253 e. The molecule has 1 aliphatic heterocycles. The molecule has 0 spiro atoms. The van der Waals surface area contributed by atoms with Crippen LogP contribution in [0.3, 0.4) is 0 Å². The van der Waals surface area contributed by atoms with Gasteiger partial charge >= 0.3 is 0 Å². The van der Waals surface area contributed by atoms with Crippen molar-refractivity contribution >= 4 is 11.8 Å².